The van der Waals surface area contributed by atoms with Crippen molar-refractivity contribution in [2.45, 2.75) is 33.2 Å². The standard InChI is InChI=1S/C10H15N3O2/c1-6-4-9(13-8(3)11-6)12-7(2)5-10(14)15/h4,7H,5H2,1-3H3,(H,14,15)(H,11,12,13). The van der Waals surface area contributed by atoms with Crippen molar-refractivity contribution >= 4 is 11.8 Å². The van der Waals surface area contributed by atoms with Gasteiger partial charge in [-0.2, -0.15) is 0 Å². The first-order valence-electron chi connectivity index (χ1n) is 4.78. The summed E-state index contributed by atoms with van der Waals surface area (Å²) in [4.78, 5) is 18.8. The molecule has 1 aromatic heterocycles. The lowest BCUT2D eigenvalue weighted by atomic mass is 10.2. The lowest BCUT2D eigenvalue weighted by Gasteiger charge is -2.12. The lowest BCUT2D eigenvalue weighted by molar-refractivity contribution is -0.137. The van der Waals surface area contributed by atoms with Crippen LogP contribution in [0.4, 0.5) is 5.82 Å². The summed E-state index contributed by atoms with van der Waals surface area (Å²) in [5.74, 6) is 0.534. The Bertz CT molecular complexity index is 345. The quantitative estimate of drug-likeness (QED) is 0.783. The third-order valence-electron chi connectivity index (χ3n) is 1.84. The van der Waals surface area contributed by atoms with E-state index >= 15 is 0 Å². The van der Waals surface area contributed by atoms with E-state index in [1.165, 1.54) is 0 Å². The molecule has 1 atom stereocenters. The van der Waals surface area contributed by atoms with Crippen LogP contribution in [0.25, 0.3) is 0 Å². The van der Waals surface area contributed by atoms with Crippen LogP contribution in [-0.2, 0) is 4.79 Å². The minimum absolute atomic E-state index is 0.0715. The topological polar surface area (TPSA) is 75.1 Å². The maximum Gasteiger partial charge on any atom is 0.305 e. The van der Waals surface area contributed by atoms with E-state index in [9.17, 15) is 4.79 Å². The summed E-state index contributed by atoms with van der Waals surface area (Å²) in [6.07, 6.45) is 0.0715. The number of carbonyl (C=O) groups is 1. The molecular weight excluding hydrogens is 194 g/mol. The number of hydrogen-bond acceptors (Lipinski definition) is 4. The van der Waals surface area contributed by atoms with Crippen molar-refractivity contribution in [3.05, 3.63) is 17.6 Å². The second-order valence-electron chi connectivity index (χ2n) is 3.59. The molecule has 5 nitrogen and oxygen atoms in total. The summed E-state index contributed by atoms with van der Waals surface area (Å²) in [6.45, 7) is 5.49. The molecular formula is C10H15N3O2. The summed E-state index contributed by atoms with van der Waals surface area (Å²) in [7, 11) is 0. The molecule has 0 aromatic carbocycles. The highest BCUT2D eigenvalue weighted by Crippen LogP contribution is 2.08. The molecule has 1 unspecified atom stereocenters. The first-order chi connectivity index (χ1) is 6.97. The van der Waals surface area contributed by atoms with Crippen molar-refractivity contribution in [1.82, 2.24) is 9.97 Å². The number of carboxylic acid groups (broad SMARTS) is 1. The van der Waals surface area contributed by atoms with Gasteiger partial charge in [0.1, 0.15) is 11.6 Å². The normalized spacial score (nSPS) is 12.2. The molecule has 0 spiro atoms. The van der Waals surface area contributed by atoms with E-state index in [-0.39, 0.29) is 12.5 Å². The Morgan fingerprint density at radius 2 is 2.20 bits per heavy atom. The second-order valence-corrected chi connectivity index (χ2v) is 3.59. The van der Waals surface area contributed by atoms with Crippen LogP contribution in [0, 0.1) is 13.8 Å². The molecule has 0 amide bonds. The van der Waals surface area contributed by atoms with Crippen molar-refractivity contribution in [1.29, 1.82) is 0 Å². The van der Waals surface area contributed by atoms with Crippen LogP contribution in [0.2, 0.25) is 0 Å². The Balaban J connectivity index is 2.67. The average molecular weight is 209 g/mol. The summed E-state index contributed by atoms with van der Waals surface area (Å²) >= 11 is 0. The Kier molecular flexibility index (Phi) is 3.60. The van der Waals surface area contributed by atoms with Gasteiger partial charge in [-0.25, -0.2) is 9.97 Å². The molecule has 0 bridgehead atoms. The number of hydrogen-bond donors (Lipinski definition) is 2. The highest BCUT2D eigenvalue weighted by molar-refractivity contribution is 5.68. The Morgan fingerprint density at radius 3 is 2.73 bits per heavy atom. The van der Waals surface area contributed by atoms with E-state index in [0.717, 1.165) is 5.69 Å². The van der Waals surface area contributed by atoms with E-state index in [2.05, 4.69) is 15.3 Å². The van der Waals surface area contributed by atoms with Gasteiger partial charge in [-0.1, -0.05) is 0 Å². The predicted octanol–water partition coefficient (Wildman–Crippen LogP) is 1.37. The Labute approximate surface area is 88.6 Å². The molecule has 5 heteroatoms. The van der Waals surface area contributed by atoms with Crippen molar-refractivity contribution < 1.29 is 9.90 Å². The number of anilines is 1. The van der Waals surface area contributed by atoms with Crippen LogP contribution in [0.15, 0.2) is 6.07 Å². The van der Waals surface area contributed by atoms with Crippen molar-refractivity contribution in [2.75, 3.05) is 5.32 Å². The van der Waals surface area contributed by atoms with E-state index in [4.69, 9.17) is 5.11 Å². The van der Waals surface area contributed by atoms with Crippen molar-refractivity contribution in [3.63, 3.8) is 0 Å². The van der Waals surface area contributed by atoms with Crippen LogP contribution in [-0.4, -0.2) is 27.1 Å². The van der Waals surface area contributed by atoms with Crippen LogP contribution >= 0.6 is 0 Å². The van der Waals surface area contributed by atoms with Gasteiger partial charge in [0.2, 0.25) is 0 Å². The molecule has 82 valence electrons. The highest BCUT2D eigenvalue weighted by atomic mass is 16.4. The van der Waals surface area contributed by atoms with Crippen LogP contribution in [0.3, 0.4) is 0 Å². The minimum Gasteiger partial charge on any atom is -0.481 e. The minimum atomic E-state index is -0.822. The molecule has 0 aliphatic heterocycles. The maximum atomic E-state index is 10.5. The largest absolute Gasteiger partial charge is 0.481 e. The summed E-state index contributed by atoms with van der Waals surface area (Å²) in [6, 6.07) is 1.65. The summed E-state index contributed by atoms with van der Waals surface area (Å²) in [5.41, 5.74) is 0.868. The van der Waals surface area contributed by atoms with Gasteiger partial charge in [-0.15, -0.1) is 0 Å². The molecule has 0 saturated heterocycles. The first-order valence-corrected chi connectivity index (χ1v) is 4.78. The molecule has 2 N–H and O–H groups in total. The van der Waals surface area contributed by atoms with Gasteiger partial charge < -0.3 is 10.4 Å². The van der Waals surface area contributed by atoms with E-state index in [0.29, 0.717) is 11.6 Å². The number of nitrogens with one attached hydrogen (secondary N) is 1. The van der Waals surface area contributed by atoms with Crippen molar-refractivity contribution in [2.24, 2.45) is 0 Å². The zero-order chi connectivity index (χ0) is 11.4. The van der Waals surface area contributed by atoms with Gasteiger partial charge in [0.15, 0.2) is 0 Å². The van der Waals surface area contributed by atoms with Gasteiger partial charge >= 0.3 is 5.97 Å². The molecule has 1 heterocycles. The molecule has 0 radical (unpaired) electrons. The lowest BCUT2D eigenvalue weighted by Crippen LogP contribution is -2.20. The van der Waals surface area contributed by atoms with Crippen LogP contribution in [0.5, 0.6) is 0 Å². The van der Waals surface area contributed by atoms with Crippen LogP contribution < -0.4 is 5.32 Å². The van der Waals surface area contributed by atoms with Gasteiger partial charge in [0, 0.05) is 17.8 Å². The molecule has 1 rings (SSSR count). The van der Waals surface area contributed by atoms with E-state index < -0.39 is 5.97 Å². The van der Waals surface area contributed by atoms with E-state index in [1.54, 1.807) is 19.9 Å². The van der Waals surface area contributed by atoms with Gasteiger partial charge in [-0.05, 0) is 20.8 Å². The number of aryl methyl sites for hydroxylation is 2. The molecule has 0 saturated carbocycles. The molecule has 0 aliphatic rings. The zero-order valence-electron chi connectivity index (χ0n) is 9.11. The summed E-state index contributed by atoms with van der Waals surface area (Å²) in [5, 5.41) is 11.6. The second kappa shape index (κ2) is 4.72. The fourth-order valence-electron chi connectivity index (χ4n) is 1.36. The predicted molar refractivity (Wildman–Crippen MR) is 56.8 cm³/mol. The number of aliphatic carboxylic acids is 1. The molecule has 1 aromatic rings. The first kappa shape index (κ1) is 11.4. The Hall–Kier alpha value is -1.65. The average Bonchev–Trinajstić information content (AvgIpc) is 1.98. The molecule has 0 aliphatic carbocycles. The van der Waals surface area contributed by atoms with E-state index in [1.807, 2.05) is 6.92 Å². The molecule has 15 heavy (non-hydrogen) atoms. The third kappa shape index (κ3) is 3.93. The van der Waals surface area contributed by atoms with Crippen LogP contribution in [0.1, 0.15) is 24.9 Å². The number of rotatable bonds is 4. The number of carboxylic acids is 1. The molecule has 0 fully saturated rings. The van der Waals surface area contributed by atoms with Gasteiger partial charge in [-0.3, -0.25) is 4.79 Å². The Morgan fingerprint density at radius 1 is 1.53 bits per heavy atom. The fraction of sp³-hybridized carbons (Fsp3) is 0.500. The van der Waals surface area contributed by atoms with Crippen molar-refractivity contribution in [3.8, 4) is 0 Å². The third-order valence-corrected chi connectivity index (χ3v) is 1.84. The maximum absolute atomic E-state index is 10.5. The number of nitrogens with zero attached hydrogens (tertiary/aromatic N) is 2. The van der Waals surface area contributed by atoms with Gasteiger partial charge in [0.25, 0.3) is 0 Å². The van der Waals surface area contributed by atoms with Gasteiger partial charge in [0.05, 0.1) is 6.42 Å². The summed E-state index contributed by atoms with van der Waals surface area (Å²) < 4.78 is 0. The fourth-order valence-corrected chi connectivity index (χ4v) is 1.36. The number of aromatic nitrogens is 2. The zero-order valence-corrected chi connectivity index (χ0v) is 9.11. The highest BCUT2D eigenvalue weighted by Gasteiger charge is 2.08. The smallest absolute Gasteiger partial charge is 0.305 e. The SMILES string of the molecule is Cc1cc(NC(C)CC(=O)O)nc(C)n1. The monoisotopic (exact) mass is 209 g/mol.